The largest absolute Gasteiger partial charge is 0.386 e. The highest BCUT2D eigenvalue weighted by atomic mass is 35.5. The summed E-state index contributed by atoms with van der Waals surface area (Å²) in [4.78, 5) is 0. The fourth-order valence-corrected chi connectivity index (χ4v) is 1.83. The van der Waals surface area contributed by atoms with Crippen LogP contribution in [0, 0.1) is 0 Å². The van der Waals surface area contributed by atoms with E-state index in [4.69, 9.17) is 23.2 Å². The highest BCUT2D eigenvalue weighted by Crippen LogP contribution is 2.25. The number of hydrogen-bond donors (Lipinski definition) is 1. The van der Waals surface area contributed by atoms with Gasteiger partial charge in [0, 0.05) is 13.5 Å². The van der Waals surface area contributed by atoms with Crippen LogP contribution in [-0.2, 0) is 13.5 Å². The quantitative estimate of drug-likeness (QED) is 0.933. The summed E-state index contributed by atoms with van der Waals surface area (Å²) in [7, 11) is 1.75. The van der Waals surface area contributed by atoms with Gasteiger partial charge in [0.1, 0.15) is 11.8 Å². The fourth-order valence-electron chi connectivity index (χ4n) is 1.51. The molecular formula is C11H11Cl2N3O. The van der Waals surface area contributed by atoms with Crippen LogP contribution in [0.15, 0.2) is 24.4 Å². The first-order valence-electron chi connectivity index (χ1n) is 5.04. The fraction of sp³-hybridized carbons (Fsp3) is 0.273. The van der Waals surface area contributed by atoms with E-state index in [0.717, 1.165) is 5.56 Å². The van der Waals surface area contributed by atoms with Crippen molar-refractivity contribution in [1.29, 1.82) is 0 Å². The van der Waals surface area contributed by atoms with Gasteiger partial charge in [0.25, 0.3) is 0 Å². The molecule has 0 bridgehead atoms. The SMILES string of the molecule is Cn1cc(C(O)Cc2ccc(Cl)c(Cl)c2)nn1. The third-order valence-electron chi connectivity index (χ3n) is 2.37. The number of aryl methyl sites for hydroxylation is 1. The monoisotopic (exact) mass is 271 g/mol. The molecule has 4 nitrogen and oxygen atoms in total. The lowest BCUT2D eigenvalue weighted by Crippen LogP contribution is -2.02. The zero-order valence-electron chi connectivity index (χ0n) is 9.14. The number of aromatic nitrogens is 3. The average molecular weight is 272 g/mol. The van der Waals surface area contributed by atoms with Crippen LogP contribution in [0.3, 0.4) is 0 Å². The molecule has 0 aliphatic carbocycles. The second-order valence-corrected chi connectivity index (χ2v) is 4.60. The molecule has 1 atom stereocenters. The maximum absolute atomic E-state index is 9.96. The molecule has 6 heteroatoms. The Morgan fingerprint density at radius 3 is 2.71 bits per heavy atom. The van der Waals surface area contributed by atoms with E-state index in [1.807, 2.05) is 6.07 Å². The Kier molecular flexibility index (Phi) is 3.66. The Morgan fingerprint density at radius 1 is 1.35 bits per heavy atom. The number of aliphatic hydroxyl groups is 1. The van der Waals surface area contributed by atoms with E-state index >= 15 is 0 Å². The van der Waals surface area contributed by atoms with E-state index in [9.17, 15) is 5.11 Å². The summed E-state index contributed by atoms with van der Waals surface area (Å²) < 4.78 is 1.55. The van der Waals surface area contributed by atoms with E-state index in [2.05, 4.69) is 10.3 Å². The van der Waals surface area contributed by atoms with Crippen molar-refractivity contribution in [2.45, 2.75) is 12.5 Å². The third-order valence-corrected chi connectivity index (χ3v) is 3.11. The second kappa shape index (κ2) is 5.04. The molecule has 0 saturated carbocycles. The van der Waals surface area contributed by atoms with Crippen LogP contribution in [0.5, 0.6) is 0 Å². The number of halogens is 2. The van der Waals surface area contributed by atoms with Gasteiger partial charge in [-0.1, -0.05) is 34.5 Å². The molecule has 0 amide bonds. The van der Waals surface area contributed by atoms with Crippen molar-refractivity contribution in [1.82, 2.24) is 15.0 Å². The molecule has 0 aliphatic rings. The predicted molar refractivity (Wildman–Crippen MR) is 66.1 cm³/mol. The molecule has 2 aromatic rings. The molecule has 0 spiro atoms. The molecule has 0 fully saturated rings. The van der Waals surface area contributed by atoms with E-state index in [-0.39, 0.29) is 0 Å². The van der Waals surface area contributed by atoms with Crippen LogP contribution < -0.4 is 0 Å². The number of aliphatic hydroxyl groups excluding tert-OH is 1. The van der Waals surface area contributed by atoms with Crippen molar-refractivity contribution in [3.05, 3.63) is 45.7 Å². The van der Waals surface area contributed by atoms with Crippen LogP contribution in [-0.4, -0.2) is 20.1 Å². The Labute approximate surface area is 109 Å². The minimum atomic E-state index is -0.694. The first-order chi connectivity index (χ1) is 8.06. The highest BCUT2D eigenvalue weighted by Gasteiger charge is 2.12. The average Bonchev–Trinajstić information content (AvgIpc) is 2.70. The Morgan fingerprint density at radius 2 is 2.12 bits per heavy atom. The van der Waals surface area contributed by atoms with Gasteiger partial charge in [-0.3, -0.25) is 4.68 Å². The summed E-state index contributed by atoms with van der Waals surface area (Å²) in [5, 5.41) is 18.6. The smallest absolute Gasteiger partial charge is 0.111 e. The van der Waals surface area contributed by atoms with Gasteiger partial charge in [-0.15, -0.1) is 5.10 Å². The minimum Gasteiger partial charge on any atom is -0.386 e. The lowest BCUT2D eigenvalue weighted by Gasteiger charge is -2.07. The van der Waals surface area contributed by atoms with Crippen LogP contribution in [0.4, 0.5) is 0 Å². The summed E-state index contributed by atoms with van der Waals surface area (Å²) in [5.74, 6) is 0. The number of hydrogen-bond acceptors (Lipinski definition) is 3. The number of benzene rings is 1. The van der Waals surface area contributed by atoms with Crippen LogP contribution in [0.25, 0.3) is 0 Å². The predicted octanol–water partition coefficient (Wildman–Crippen LogP) is 2.40. The lowest BCUT2D eigenvalue weighted by molar-refractivity contribution is 0.173. The normalized spacial score (nSPS) is 12.7. The van der Waals surface area contributed by atoms with Crippen molar-refractivity contribution < 1.29 is 5.11 Å². The first-order valence-corrected chi connectivity index (χ1v) is 5.80. The first kappa shape index (κ1) is 12.4. The van der Waals surface area contributed by atoms with E-state index in [0.29, 0.717) is 22.2 Å². The molecule has 1 unspecified atom stereocenters. The topological polar surface area (TPSA) is 50.9 Å². The van der Waals surface area contributed by atoms with Crippen LogP contribution in [0.1, 0.15) is 17.4 Å². The summed E-state index contributed by atoms with van der Waals surface area (Å²) >= 11 is 11.7. The number of nitrogens with zero attached hydrogens (tertiary/aromatic N) is 3. The van der Waals surface area contributed by atoms with Crippen LogP contribution in [0.2, 0.25) is 10.0 Å². The van der Waals surface area contributed by atoms with E-state index in [1.54, 1.807) is 30.1 Å². The Hall–Kier alpha value is -1.10. The second-order valence-electron chi connectivity index (χ2n) is 3.79. The molecule has 90 valence electrons. The molecular weight excluding hydrogens is 261 g/mol. The van der Waals surface area contributed by atoms with Gasteiger partial charge in [-0.2, -0.15) is 0 Å². The zero-order valence-corrected chi connectivity index (χ0v) is 10.7. The zero-order chi connectivity index (χ0) is 12.4. The molecule has 1 N–H and O–H groups in total. The molecule has 1 aromatic heterocycles. The van der Waals surface area contributed by atoms with Crippen LogP contribution >= 0.6 is 23.2 Å². The molecule has 0 saturated heterocycles. The molecule has 1 heterocycles. The number of rotatable bonds is 3. The minimum absolute atomic E-state index is 0.426. The van der Waals surface area contributed by atoms with Gasteiger partial charge in [0.15, 0.2) is 0 Å². The molecule has 17 heavy (non-hydrogen) atoms. The van der Waals surface area contributed by atoms with Crippen molar-refractivity contribution in [3.63, 3.8) is 0 Å². The summed E-state index contributed by atoms with van der Waals surface area (Å²) in [6, 6.07) is 5.28. The third kappa shape index (κ3) is 2.97. The van der Waals surface area contributed by atoms with Gasteiger partial charge < -0.3 is 5.11 Å². The lowest BCUT2D eigenvalue weighted by atomic mass is 10.1. The van der Waals surface area contributed by atoms with Crippen molar-refractivity contribution in [3.8, 4) is 0 Å². The van der Waals surface area contributed by atoms with Gasteiger partial charge >= 0.3 is 0 Å². The summed E-state index contributed by atoms with van der Waals surface area (Å²) in [6.45, 7) is 0. The molecule has 2 rings (SSSR count). The van der Waals surface area contributed by atoms with Gasteiger partial charge in [0.2, 0.25) is 0 Å². The maximum Gasteiger partial charge on any atom is 0.111 e. The van der Waals surface area contributed by atoms with E-state index < -0.39 is 6.10 Å². The van der Waals surface area contributed by atoms with E-state index in [1.165, 1.54) is 0 Å². The van der Waals surface area contributed by atoms with Crippen molar-refractivity contribution in [2.24, 2.45) is 7.05 Å². The standard InChI is InChI=1S/C11H11Cl2N3O/c1-16-6-10(14-15-16)11(17)5-7-2-3-8(12)9(13)4-7/h2-4,6,11,17H,5H2,1H3. The molecule has 0 aliphatic heterocycles. The van der Waals surface area contributed by atoms with Crippen molar-refractivity contribution >= 4 is 23.2 Å². The maximum atomic E-state index is 9.96. The van der Waals surface area contributed by atoms with Gasteiger partial charge in [-0.05, 0) is 17.7 Å². The Bertz CT molecular complexity index is 527. The summed E-state index contributed by atoms with van der Waals surface area (Å²) in [5.41, 5.74) is 1.44. The highest BCUT2D eigenvalue weighted by molar-refractivity contribution is 6.42. The molecule has 0 radical (unpaired) electrons. The van der Waals surface area contributed by atoms with Crippen molar-refractivity contribution in [2.75, 3.05) is 0 Å². The Balaban J connectivity index is 2.12. The van der Waals surface area contributed by atoms with Gasteiger partial charge in [0.05, 0.1) is 16.2 Å². The van der Waals surface area contributed by atoms with Gasteiger partial charge in [-0.25, -0.2) is 0 Å². The molecule has 1 aromatic carbocycles. The summed E-state index contributed by atoms with van der Waals surface area (Å²) in [6.07, 6.45) is 1.42.